The van der Waals surface area contributed by atoms with E-state index in [0.717, 1.165) is 12.8 Å². The van der Waals surface area contributed by atoms with Crippen LogP contribution in [0.25, 0.3) is 0 Å². The molecule has 0 atom stereocenters. The zero-order chi connectivity index (χ0) is 17.1. The maximum atomic E-state index is 10.5. The fraction of sp³-hybridized carbons (Fsp3) is 1.00. The molecular formula is C12H34CaO14S2. The third-order valence-electron chi connectivity index (χ3n) is 4.20. The molecule has 0 bridgehead atoms. The maximum Gasteiger partial charge on any atom is 2.00 e. The van der Waals surface area contributed by atoms with Crippen molar-refractivity contribution in [3.05, 3.63) is 0 Å². The molecule has 0 unspecified atom stereocenters. The van der Waals surface area contributed by atoms with Crippen molar-refractivity contribution >= 4 is 58.0 Å². The molecule has 0 aliphatic heterocycles. The van der Waals surface area contributed by atoms with Crippen molar-refractivity contribution in [2.75, 3.05) is 0 Å². The third kappa shape index (κ3) is 13.7. The molecule has 2 fully saturated rings. The smallest absolute Gasteiger partial charge is 0.746 e. The number of rotatable bonds is 2. The van der Waals surface area contributed by atoms with Gasteiger partial charge < -0.3 is 52.2 Å². The minimum absolute atomic E-state index is 0. The van der Waals surface area contributed by atoms with Crippen molar-refractivity contribution in [2.24, 2.45) is 0 Å². The number of hydrogen-bond acceptors (Lipinski definition) is 8. The van der Waals surface area contributed by atoms with Gasteiger partial charge in [-0.3, -0.25) is 0 Å². The van der Waals surface area contributed by atoms with E-state index in [2.05, 4.69) is 0 Å². The molecule has 0 spiro atoms. The van der Waals surface area contributed by atoms with Crippen LogP contribution in [0.3, 0.4) is 0 Å². The average molecular weight is 507 g/mol. The van der Waals surface area contributed by atoms with Crippen LogP contribution in [-0.4, -0.2) is 117 Å². The van der Waals surface area contributed by atoms with Gasteiger partial charge in [0.1, 0.15) is 20.2 Å². The monoisotopic (exact) mass is 506 g/mol. The number of hydrogen-bond donors (Lipinski definition) is 2. The Hall–Kier alpha value is 0.760. The Balaban J connectivity index is -0.0000000538. The van der Waals surface area contributed by atoms with Crippen LogP contribution in [-0.2, 0) is 20.2 Å². The number of aliphatic hydroxyl groups is 2. The van der Waals surface area contributed by atoms with E-state index in [1.54, 1.807) is 0 Å². The Kier molecular flexibility index (Phi) is 30.1. The van der Waals surface area contributed by atoms with E-state index in [9.17, 15) is 36.2 Å². The van der Waals surface area contributed by atoms with Gasteiger partial charge in [0.25, 0.3) is 0 Å². The normalized spacial score (nSPS) is 18.9. The first-order chi connectivity index (χ1) is 9.91. The Morgan fingerprint density at radius 2 is 0.690 bits per heavy atom. The fourth-order valence-electron chi connectivity index (χ4n) is 2.71. The van der Waals surface area contributed by atoms with Gasteiger partial charge in [0.2, 0.25) is 0 Å². The van der Waals surface area contributed by atoms with Gasteiger partial charge in [-0.05, 0) is 51.4 Å². The molecule has 2 rings (SSSR count). The van der Waals surface area contributed by atoms with E-state index < -0.39 is 30.1 Å². The summed E-state index contributed by atoms with van der Waals surface area (Å²) in [4.78, 5) is -3.93. The zero-order valence-electron chi connectivity index (χ0n) is 15.9. The summed E-state index contributed by atoms with van der Waals surface area (Å²) >= 11 is 0. The minimum Gasteiger partial charge on any atom is -0.746 e. The van der Waals surface area contributed by atoms with Gasteiger partial charge >= 0.3 is 37.7 Å². The van der Waals surface area contributed by atoms with Crippen LogP contribution in [0.2, 0.25) is 0 Å². The molecule has 14 nitrogen and oxygen atoms in total. The summed E-state index contributed by atoms with van der Waals surface area (Å²) in [5, 5.41) is 18.6. The topological polar surface area (TPSA) is 344 Å². The molecule has 0 aromatic heterocycles. The van der Waals surface area contributed by atoms with E-state index in [-0.39, 0.29) is 96.3 Å². The average Bonchev–Trinajstić information content (AvgIpc) is 2.39. The van der Waals surface area contributed by atoms with Crippen molar-refractivity contribution in [3.8, 4) is 0 Å². The molecule has 0 aromatic carbocycles. The maximum absolute atomic E-state index is 10.5. The Morgan fingerprint density at radius 3 is 0.793 bits per heavy atom. The predicted octanol–water partition coefficient (Wildman–Crippen LogP) is -4.96. The first kappa shape index (κ1) is 47.5. The van der Waals surface area contributed by atoms with Crippen molar-refractivity contribution < 1.29 is 69.0 Å². The molecule has 14 N–H and O–H groups in total. The summed E-state index contributed by atoms with van der Waals surface area (Å²) < 4.78 is 63.0. The van der Waals surface area contributed by atoms with Crippen LogP contribution >= 0.6 is 0 Å². The molecule has 0 radical (unpaired) electrons. The van der Waals surface area contributed by atoms with Crippen LogP contribution in [0.1, 0.15) is 64.2 Å². The van der Waals surface area contributed by atoms with Crippen LogP contribution < -0.4 is 0 Å². The third-order valence-corrected chi connectivity index (χ3v) is 6.88. The van der Waals surface area contributed by atoms with Gasteiger partial charge in [0.15, 0.2) is 9.87 Å². The summed E-state index contributed by atoms with van der Waals surface area (Å²) in [5.41, 5.74) is 0. The van der Waals surface area contributed by atoms with Gasteiger partial charge in [-0.2, -0.15) is 0 Å². The molecule has 2 aliphatic rings. The van der Waals surface area contributed by atoms with Crippen molar-refractivity contribution in [3.63, 3.8) is 0 Å². The van der Waals surface area contributed by atoms with E-state index >= 15 is 0 Å². The second-order valence-electron chi connectivity index (χ2n) is 5.92. The summed E-state index contributed by atoms with van der Waals surface area (Å²) in [5.74, 6) is 0. The molecular weight excluding hydrogens is 472 g/mol. The molecule has 2 saturated carbocycles. The van der Waals surface area contributed by atoms with Gasteiger partial charge in [0.05, 0.1) is 0 Å². The minimum atomic E-state index is -4.52. The molecule has 2 aliphatic carbocycles. The van der Waals surface area contributed by atoms with E-state index in [1.807, 2.05) is 0 Å². The fourth-order valence-corrected chi connectivity index (χ4v) is 4.29. The van der Waals surface area contributed by atoms with Crippen molar-refractivity contribution in [1.29, 1.82) is 0 Å². The van der Waals surface area contributed by atoms with Crippen molar-refractivity contribution in [1.82, 2.24) is 0 Å². The van der Waals surface area contributed by atoms with Gasteiger partial charge in [-0.25, -0.2) is 16.8 Å². The quantitative estimate of drug-likeness (QED) is 0.269. The van der Waals surface area contributed by atoms with Crippen LogP contribution in [0.15, 0.2) is 0 Å². The van der Waals surface area contributed by atoms with E-state index in [1.165, 1.54) is 0 Å². The SMILES string of the molecule is O.O.O.O.O.O.O=S(=O)([O-])C1(O)CCCCC1.O=S(=O)([O-])C1(O)CCCCC1.[Ca+2]. The van der Waals surface area contributed by atoms with Gasteiger partial charge in [-0.1, -0.05) is 12.8 Å². The molecule has 17 heteroatoms. The molecule has 180 valence electrons. The van der Waals surface area contributed by atoms with Crippen LogP contribution in [0, 0.1) is 0 Å². The first-order valence-corrected chi connectivity index (χ1v) is 10.1. The summed E-state index contributed by atoms with van der Waals surface area (Å²) in [7, 11) is -9.04. The Labute approximate surface area is 200 Å². The molecule has 0 saturated heterocycles. The molecule has 29 heavy (non-hydrogen) atoms. The molecule has 0 heterocycles. The van der Waals surface area contributed by atoms with E-state index in [4.69, 9.17) is 0 Å². The van der Waals surface area contributed by atoms with Gasteiger partial charge in [0, 0.05) is 0 Å². The van der Waals surface area contributed by atoms with Gasteiger partial charge in [-0.15, -0.1) is 0 Å². The van der Waals surface area contributed by atoms with E-state index in [0.29, 0.717) is 25.7 Å². The second kappa shape index (κ2) is 18.3. The van der Waals surface area contributed by atoms with Crippen molar-refractivity contribution in [2.45, 2.75) is 74.1 Å². The summed E-state index contributed by atoms with van der Waals surface area (Å²) in [6, 6.07) is 0. The van der Waals surface area contributed by atoms with Crippen LogP contribution in [0.4, 0.5) is 0 Å². The Morgan fingerprint density at radius 1 is 0.517 bits per heavy atom. The van der Waals surface area contributed by atoms with Crippen LogP contribution in [0.5, 0.6) is 0 Å². The zero-order valence-corrected chi connectivity index (χ0v) is 19.8. The second-order valence-corrected chi connectivity index (χ2v) is 9.26. The Bertz CT molecular complexity index is 515. The molecule has 0 amide bonds. The standard InChI is InChI=1S/2C6H12O4S.Ca.6H2O/c2*7-6(11(8,9)10)4-2-1-3-5-6;;;;;;;/h2*7H,1-5H2,(H,8,9,10);;6*1H2/q;;+2;;;;;;/p-2. The molecule has 0 aromatic rings. The predicted molar refractivity (Wildman–Crippen MR) is 103 cm³/mol. The first-order valence-electron chi connectivity index (χ1n) is 7.27. The summed E-state index contributed by atoms with van der Waals surface area (Å²) in [6.07, 6.45) is 4.68. The summed E-state index contributed by atoms with van der Waals surface area (Å²) in [6.45, 7) is 0. The largest absolute Gasteiger partial charge is 2.00 e.